The van der Waals surface area contributed by atoms with Crippen molar-refractivity contribution in [2.24, 2.45) is 0 Å². The van der Waals surface area contributed by atoms with Gasteiger partial charge in [-0.3, -0.25) is 0 Å². The second-order valence-corrected chi connectivity index (χ2v) is 40.4. The first kappa shape index (κ1) is 100. The number of unbranched alkanes of at least 4 members (excludes halogenated alkanes) is 72. The Balaban J connectivity index is 0. The van der Waals surface area contributed by atoms with Crippen LogP contribution in [-0.4, -0.2) is 44.2 Å². The highest BCUT2D eigenvalue weighted by Gasteiger charge is 2.35. The van der Waals surface area contributed by atoms with E-state index in [-0.39, 0.29) is 0 Å². The number of halogens is 4. The molecule has 8 heteroatoms. The van der Waals surface area contributed by atoms with Crippen LogP contribution < -0.4 is 4.17 Å². The van der Waals surface area contributed by atoms with Gasteiger partial charge in [-0.05, 0) is 38.5 Å². The van der Waals surface area contributed by atoms with Crippen molar-refractivity contribution in [3.05, 3.63) is 0 Å². The highest BCUT2D eigenvalue weighted by atomic mass is 31.2. The minimum Gasteiger partial charge on any atom is -0.418 e. The van der Waals surface area contributed by atoms with Gasteiger partial charge in [0.2, 0.25) is 14.1 Å². The Hall–Kier alpha value is 0.355. The first-order chi connectivity index (χ1) is 48.1. The molecule has 0 fully saturated rings. The molecule has 0 aromatic heterocycles. The van der Waals surface area contributed by atoms with E-state index in [2.05, 4.69) is 41.5 Å². The van der Waals surface area contributed by atoms with Crippen molar-refractivity contribution in [1.29, 1.82) is 0 Å². The lowest BCUT2D eigenvalue weighted by Crippen LogP contribution is -2.10. The van der Waals surface area contributed by atoms with Gasteiger partial charge in [-0.25, -0.2) is 0 Å². The van der Waals surface area contributed by atoms with E-state index in [1.165, 1.54) is 501 Å². The molecule has 592 valence electrons. The molecular weight excluding hydrogens is 1240 g/mol. The van der Waals surface area contributed by atoms with E-state index < -0.39 is 21.4 Å². The summed E-state index contributed by atoms with van der Waals surface area (Å²) in [6, 6.07) is 0. The highest BCUT2D eigenvalue weighted by molar-refractivity contribution is 7.73. The Kier molecular flexibility index (Phi) is 86.7. The van der Waals surface area contributed by atoms with E-state index in [0.717, 1.165) is 0 Å². The maximum Gasteiger partial charge on any atom is 0.673 e. The van der Waals surface area contributed by atoms with Crippen LogP contribution in [0.2, 0.25) is 0 Å². The first-order valence-corrected chi connectivity index (χ1v) is 51.0. The SMILES string of the molecule is CCCCCCCCCCCCCCCP(CCCCCCCCCCCCCCC)(CCCCCCCCCCCCCCC)=[N+]=P(CCCCCCCCCCCCCCC)(CCCCCCCCCCCCCCC)CCCCCCCCCCCCCCC.F[B-](F)(F)F. The van der Waals surface area contributed by atoms with Crippen LogP contribution in [0.5, 0.6) is 0 Å². The van der Waals surface area contributed by atoms with Gasteiger partial charge in [0.1, 0.15) is 0 Å². The minimum absolute atomic E-state index is 1.37. The summed E-state index contributed by atoms with van der Waals surface area (Å²) in [5, 5.41) is 0. The molecule has 0 saturated carbocycles. The smallest absolute Gasteiger partial charge is 0.418 e. The summed E-state index contributed by atoms with van der Waals surface area (Å²) in [6.07, 6.45) is 124. The van der Waals surface area contributed by atoms with E-state index >= 15 is 0 Å². The zero-order valence-corrected chi connectivity index (χ0v) is 70.6. The molecule has 0 atom stereocenters. The lowest BCUT2D eigenvalue weighted by molar-refractivity contribution is 0.368. The molecular formula is C90H186BF4NP2. The standard InChI is InChI=1S/C90H186NP2.BF4/c1-7-13-19-25-31-37-43-49-55-61-67-73-79-85-92(86-80-74-68-62-56-50-44-38-32-26-20-14-8-2,87-81-75-69-63-57-51-45-39-33-27-21-15-9-3)91-93(88-82-76-70-64-58-52-46-40-34-28-22-16-10-4,89-83-77-71-65-59-53-47-41-35-29-23-17-11-5)90-84-78-72-66-60-54-48-42-36-30-24-18-12-6;2-1(3,4)5/h7-90H2,1-6H3;/q+1;-1. The Morgan fingerprint density at radius 1 is 0.143 bits per heavy atom. The predicted molar refractivity (Wildman–Crippen MR) is 450 cm³/mol. The van der Waals surface area contributed by atoms with Gasteiger partial charge >= 0.3 is 7.25 Å². The van der Waals surface area contributed by atoms with Gasteiger partial charge < -0.3 is 17.3 Å². The summed E-state index contributed by atoms with van der Waals surface area (Å²) in [4.78, 5) is 0. The topological polar surface area (TPSA) is 14.1 Å². The number of hydrogen-bond acceptors (Lipinski definition) is 0. The number of hydrogen-bond donors (Lipinski definition) is 0. The fourth-order valence-electron chi connectivity index (χ4n) is 15.9. The molecule has 0 amide bonds. The van der Waals surface area contributed by atoms with Crippen LogP contribution >= 0.6 is 14.1 Å². The summed E-state index contributed by atoms with van der Waals surface area (Å²) >= 11 is 0. The fourth-order valence-corrected chi connectivity index (χ4v) is 27.5. The van der Waals surface area contributed by atoms with E-state index in [0.29, 0.717) is 0 Å². The number of nitrogens with zero attached hydrogens (tertiary/aromatic N) is 1. The van der Waals surface area contributed by atoms with E-state index in [1.54, 1.807) is 37.0 Å². The third kappa shape index (κ3) is 83.6. The second-order valence-electron chi connectivity index (χ2n) is 32.6. The Bertz CT molecular complexity index is 1310. The van der Waals surface area contributed by atoms with Crippen molar-refractivity contribution >= 4 is 21.4 Å². The van der Waals surface area contributed by atoms with Crippen LogP contribution in [0.25, 0.3) is 0 Å². The maximum atomic E-state index is 9.75. The molecule has 0 rings (SSSR count). The fraction of sp³-hybridized carbons (Fsp3) is 1.00. The van der Waals surface area contributed by atoms with Gasteiger partial charge in [0.15, 0.2) is 0 Å². The first-order valence-electron chi connectivity index (χ1n) is 46.4. The van der Waals surface area contributed by atoms with Crippen LogP contribution in [0.3, 0.4) is 0 Å². The van der Waals surface area contributed by atoms with Crippen molar-refractivity contribution in [1.82, 2.24) is 4.17 Å². The van der Waals surface area contributed by atoms with Crippen molar-refractivity contribution in [2.45, 2.75) is 542 Å². The highest BCUT2D eigenvalue weighted by Crippen LogP contribution is 2.56. The third-order valence-electron chi connectivity index (χ3n) is 22.4. The molecule has 0 radical (unpaired) electrons. The van der Waals surface area contributed by atoms with Crippen LogP contribution in [-0.2, 0) is 0 Å². The molecule has 0 aliphatic heterocycles. The molecule has 0 aromatic rings. The van der Waals surface area contributed by atoms with Gasteiger partial charge in [-0.15, -0.1) is 0 Å². The van der Waals surface area contributed by atoms with Crippen molar-refractivity contribution < 1.29 is 17.3 Å². The van der Waals surface area contributed by atoms with Crippen LogP contribution in [0.15, 0.2) is 0 Å². The minimum atomic E-state index is -6.00. The lowest BCUT2D eigenvalue weighted by Gasteiger charge is -2.20. The molecule has 0 aliphatic carbocycles. The van der Waals surface area contributed by atoms with Crippen LogP contribution in [0.1, 0.15) is 542 Å². The monoisotopic (exact) mass is 1430 g/mol. The van der Waals surface area contributed by atoms with Crippen LogP contribution in [0.4, 0.5) is 17.3 Å². The van der Waals surface area contributed by atoms with Crippen LogP contribution in [0, 0.1) is 0 Å². The van der Waals surface area contributed by atoms with Gasteiger partial charge in [0, 0.05) is 37.0 Å². The van der Waals surface area contributed by atoms with Crippen molar-refractivity contribution in [3.63, 3.8) is 0 Å². The van der Waals surface area contributed by atoms with E-state index in [4.69, 9.17) is 4.17 Å². The summed E-state index contributed by atoms with van der Waals surface area (Å²) in [6.45, 7) is 14.1. The molecule has 0 spiro atoms. The van der Waals surface area contributed by atoms with Gasteiger partial charge in [0.05, 0.1) is 0 Å². The van der Waals surface area contributed by atoms with E-state index in [9.17, 15) is 17.3 Å². The normalized spacial score (nSPS) is 12.1. The molecule has 0 unspecified atom stereocenters. The Labute approximate surface area is 618 Å². The average Bonchev–Trinajstić information content (AvgIpc) is 0.813. The van der Waals surface area contributed by atoms with E-state index in [1.807, 2.05) is 0 Å². The lowest BCUT2D eigenvalue weighted by atomic mass is 10.0. The molecule has 0 bridgehead atoms. The van der Waals surface area contributed by atoms with Gasteiger partial charge in [-0.1, -0.05) is 504 Å². The summed E-state index contributed by atoms with van der Waals surface area (Å²) in [5.74, 6) is 0. The van der Waals surface area contributed by atoms with Gasteiger partial charge in [-0.2, -0.15) is 4.17 Å². The van der Waals surface area contributed by atoms with Crippen molar-refractivity contribution in [3.8, 4) is 0 Å². The molecule has 0 heterocycles. The molecule has 1 nitrogen and oxygen atoms in total. The Morgan fingerprint density at radius 2 is 0.214 bits per heavy atom. The van der Waals surface area contributed by atoms with Crippen molar-refractivity contribution in [2.75, 3.05) is 37.0 Å². The maximum absolute atomic E-state index is 9.75. The quantitative estimate of drug-likeness (QED) is 0.0189. The zero-order valence-electron chi connectivity index (χ0n) is 68.8. The summed E-state index contributed by atoms with van der Waals surface area (Å²) in [7, 11) is -8.90. The molecule has 98 heavy (non-hydrogen) atoms. The third-order valence-corrected chi connectivity index (χ3v) is 32.4. The second kappa shape index (κ2) is 84.6. The molecule has 0 aliphatic rings. The zero-order chi connectivity index (χ0) is 71.6. The number of rotatable bonds is 84. The molecule has 0 aromatic carbocycles. The van der Waals surface area contributed by atoms with Gasteiger partial charge in [0.25, 0.3) is 0 Å². The Morgan fingerprint density at radius 3 is 0.296 bits per heavy atom. The summed E-state index contributed by atoms with van der Waals surface area (Å²) < 4.78 is 46.1. The largest absolute Gasteiger partial charge is 0.673 e. The predicted octanol–water partition coefficient (Wildman–Crippen LogP) is 36.3. The molecule has 0 saturated heterocycles. The average molecular weight is 1430 g/mol. The summed E-state index contributed by atoms with van der Waals surface area (Å²) in [5.41, 5.74) is 0. The molecule has 0 N–H and O–H groups in total.